The van der Waals surface area contributed by atoms with Crippen molar-refractivity contribution in [2.45, 2.75) is 6.92 Å². The van der Waals surface area contributed by atoms with Crippen LogP contribution in [0.15, 0.2) is 42.5 Å². The highest BCUT2D eigenvalue weighted by Crippen LogP contribution is 2.25. The highest BCUT2D eigenvalue weighted by molar-refractivity contribution is 5.67. The van der Waals surface area contributed by atoms with Crippen LogP contribution in [0, 0.1) is 12.7 Å². The van der Waals surface area contributed by atoms with Crippen LogP contribution in [0.2, 0.25) is 0 Å². The van der Waals surface area contributed by atoms with Gasteiger partial charge in [-0.3, -0.25) is 0 Å². The molecule has 0 aromatic heterocycles. The van der Waals surface area contributed by atoms with Crippen molar-refractivity contribution in [1.82, 2.24) is 0 Å². The summed E-state index contributed by atoms with van der Waals surface area (Å²) in [6.45, 7) is 1.93. The lowest BCUT2D eigenvalue weighted by Crippen LogP contribution is -1.84. The summed E-state index contributed by atoms with van der Waals surface area (Å²) in [5.74, 6) is -0.0310. The van der Waals surface area contributed by atoms with Gasteiger partial charge in [0.15, 0.2) is 0 Å². The average Bonchev–Trinajstić information content (AvgIpc) is 2.23. The first kappa shape index (κ1) is 9.71. The zero-order valence-electron chi connectivity index (χ0n) is 8.37. The van der Waals surface area contributed by atoms with Crippen LogP contribution in [-0.2, 0) is 0 Å². The van der Waals surface area contributed by atoms with Crippen molar-refractivity contribution in [3.63, 3.8) is 0 Å². The third-order valence-electron chi connectivity index (χ3n) is 2.38. The van der Waals surface area contributed by atoms with Crippen LogP contribution in [0.25, 0.3) is 11.1 Å². The molecule has 0 atom stereocenters. The lowest BCUT2D eigenvalue weighted by Gasteiger charge is -2.06. The van der Waals surface area contributed by atoms with Gasteiger partial charge in [-0.2, -0.15) is 0 Å². The molecule has 0 spiro atoms. The van der Waals surface area contributed by atoms with Crippen molar-refractivity contribution >= 4 is 0 Å². The molecule has 1 N–H and O–H groups in total. The summed E-state index contributed by atoms with van der Waals surface area (Å²) in [4.78, 5) is 0. The van der Waals surface area contributed by atoms with Gasteiger partial charge in [-0.15, -0.1) is 0 Å². The number of rotatable bonds is 1. The van der Waals surface area contributed by atoms with Gasteiger partial charge in [0.2, 0.25) is 0 Å². The van der Waals surface area contributed by atoms with E-state index in [1.807, 2.05) is 6.92 Å². The third-order valence-corrected chi connectivity index (χ3v) is 2.38. The molecule has 2 heteroatoms. The molecule has 0 fully saturated rings. The third kappa shape index (κ3) is 1.99. The van der Waals surface area contributed by atoms with Gasteiger partial charge in [-0.1, -0.05) is 18.2 Å². The van der Waals surface area contributed by atoms with Crippen LogP contribution in [-0.4, -0.2) is 5.11 Å². The maximum absolute atomic E-state index is 13.1. The summed E-state index contributed by atoms with van der Waals surface area (Å²) < 4.78 is 13.1. The van der Waals surface area contributed by atoms with E-state index in [0.717, 1.165) is 16.7 Å². The van der Waals surface area contributed by atoms with E-state index in [2.05, 4.69) is 0 Å². The fraction of sp³-hybridized carbons (Fsp3) is 0.0769. The fourth-order valence-corrected chi connectivity index (χ4v) is 1.55. The SMILES string of the molecule is Cc1ccc(F)cc1-c1ccc(O)cc1. The van der Waals surface area contributed by atoms with E-state index < -0.39 is 0 Å². The summed E-state index contributed by atoms with van der Waals surface area (Å²) in [7, 11) is 0. The van der Waals surface area contributed by atoms with Gasteiger partial charge in [-0.25, -0.2) is 4.39 Å². The normalized spacial score (nSPS) is 10.3. The number of benzene rings is 2. The summed E-state index contributed by atoms with van der Waals surface area (Å²) in [6, 6.07) is 11.4. The Morgan fingerprint density at radius 1 is 1.00 bits per heavy atom. The van der Waals surface area contributed by atoms with Crippen molar-refractivity contribution in [3.05, 3.63) is 53.8 Å². The topological polar surface area (TPSA) is 20.2 Å². The number of aryl methyl sites for hydroxylation is 1. The second kappa shape index (κ2) is 3.73. The molecule has 0 saturated carbocycles. The lowest BCUT2D eigenvalue weighted by molar-refractivity contribution is 0.475. The highest BCUT2D eigenvalue weighted by Gasteiger charge is 2.03. The number of hydrogen-bond donors (Lipinski definition) is 1. The van der Waals surface area contributed by atoms with E-state index in [1.54, 1.807) is 30.3 Å². The first-order valence-corrected chi connectivity index (χ1v) is 4.72. The van der Waals surface area contributed by atoms with E-state index in [0.29, 0.717) is 0 Å². The van der Waals surface area contributed by atoms with Gasteiger partial charge >= 0.3 is 0 Å². The summed E-state index contributed by atoms with van der Waals surface area (Å²) in [5, 5.41) is 9.15. The predicted molar refractivity (Wildman–Crippen MR) is 58.2 cm³/mol. The van der Waals surface area contributed by atoms with E-state index >= 15 is 0 Å². The predicted octanol–water partition coefficient (Wildman–Crippen LogP) is 3.51. The van der Waals surface area contributed by atoms with Crippen molar-refractivity contribution in [3.8, 4) is 16.9 Å². The Balaban J connectivity index is 2.53. The Labute approximate surface area is 87.8 Å². The Hall–Kier alpha value is -1.83. The molecule has 76 valence electrons. The first-order chi connectivity index (χ1) is 7.16. The molecular formula is C13H11FO. The van der Waals surface area contributed by atoms with E-state index in [1.165, 1.54) is 12.1 Å². The molecule has 0 amide bonds. The minimum atomic E-state index is -0.247. The second-order valence-corrected chi connectivity index (χ2v) is 3.51. The Morgan fingerprint density at radius 2 is 1.67 bits per heavy atom. The van der Waals surface area contributed by atoms with Gasteiger partial charge in [0.1, 0.15) is 11.6 Å². The molecule has 0 aliphatic heterocycles. The number of phenols is 1. The number of aromatic hydroxyl groups is 1. The maximum Gasteiger partial charge on any atom is 0.123 e. The molecule has 0 heterocycles. The summed E-state index contributed by atoms with van der Waals surface area (Å²) >= 11 is 0. The van der Waals surface area contributed by atoms with Gasteiger partial charge in [0.25, 0.3) is 0 Å². The zero-order valence-corrected chi connectivity index (χ0v) is 8.37. The molecule has 15 heavy (non-hydrogen) atoms. The minimum Gasteiger partial charge on any atom is -0.508 e. The van der Waals surface area contributed by atoms with E-state index in [-0.39, 0.29) is 11.6 Å². The monoisotopic (exact) mass is 202 g/mol. The number of halogens is 1. The Morgan fingerprint density at radius 3 is 2.33 bits per heavy atom. The van der Waals surface area contributed by atoms with Crippen LogP contribution in [0.5, 0.6) is 5.75 Å². The number of hydrogen-bond acceptors (Lipinski definition) is 1. The van der Waals surface area contributed by atoms with E-state index in [9.17, 15) is 4.39 Å². The largest absolute Gasteiger partial charge is 0.508 e. The van der Waals surface area contributed by atoms with Gasteiger partial charge in [-0.05, 0) is 47.9 Å². The van der Waals surface area contributed by atoms with Crippen molar-refractivity contribution in [1.29, 1.82) is 0 Å². The molecular weight excluding hydrogens is 191 g/mol. The van der Waals surface area contributed by atoms with Gasteiger partial charge < -0.3 is 5.11 Å². The molecule has 2 aromatic carbocycles. The highest BCUT2D eigenvalue weighted by atomic mass is 19.1. The fourth-order valence-electron chi connectivity index (χ4n) is 1.55. The molecule has 2 aromatic rings. The smallest absolute Gasteiger partial charge is 0.123 e. The van der Waals surface area contributed by atoms with Crippen molar-refractivity contribution < 1.29 is 9.50 Å². The number of phenolic OH excluding ortho intramolecular Hbond substituents is 1. The minimum absolute atomic E-state index is 0.216. The van der Waals surface area contributed by atoms with Crippen molar-refractivity contribution in [2.24, 2.45) is 0 Å². The van der Waals surface area contributed by atoms with Crippen LogP contribution in [0.3, 0.4) is 0 Å². The maximum atomic E-state index is 13.1. The summed E-state index contributed by atoms with van der Waals surface area (Å²) in [6.07, 6.45) is 0. The molecule has 0 aliphatic rings. The standard InChI is InChI=1S/C13H11FO/c1-9-2-5-11(14)8-13(9)10-3-6-12(15)7-4-10/h2-8,15H,1H3. The average molecular weight is 202 g/mol. The molecule has 0 unspecified atom stereocenters. The second-order valence-electron chi connectivity index (χ2n) is 3.51. The van der Waals surface area contributed by atoms with Crippen LogP contribution in [0.4, 0.5) is 4.39 Å². The molecule has 0 bridgehead atoms. The molecule has 0 aliphatic carbocycles. The molecule has 1 nitrogen and oxygen atoms in total. The molecule has 2 rings (SSSR count). The van der Waals surface area contributed by atoms with Gasteiger partial charge in [0, 0.05) is 0 Å². The molecule has 0 radical (unpaired) electrons. The van der Waals surface area contributed by atoms with Crippen LogP contribution < -0.4 is 0 Å². The zero-order chi connectivity index (χ0) is 10.8. The van der Waals surface area contributed by atoms with E-state index in [4.69, 9.17) is 5.11 Å². The lowest BCUT2D eigenvalue weighted by atomic mass is 10.0. The summed E-state index contributed by atoms with van der Waals surface area (Å²) in [5.41, 5.74) is 2.78. The van der Waals surface area contributed by atoms with Crippen LogP contribution in [0.1, 0.15) is 5.56 Å². The quantitative estimate of drug-likeness (QED) is 0.750. The Bertz CT molecular complexity index is 474. The first-order valence-electron chi connectivity index (χ1n) is 4.72. The van der Waals surface area contributed by atoms with Crippen LogP contribution >= 0.6 is 0 Å². The van der Waals surface area contributed by atoms with Gasteiger partial charge in [0.05, 0.1) is 0 Å². The Kier molecular flexibility index (Phi) is 2.42. The van der Waals surface area contributed by atoms with Crippen molar-refractivity contribution in [2.75, 3.05) is 0 Å². The molecule has 0 saturated heterocycles.